The Balaban J connectivity index is 1.93. The van der Waals surface area contributed by atoms with E-state index in [9.17, 15) is 14.3 Å². The van der Waals surface area contributed by atoms with E-state index in [1.165, 1.54) is 6.07 Å². The van der Waals surface area contributed by atoms with Gasteiger partial charge in [0.15, 0.2) is 0 Å². The fraction of sp³-hybridized carbons (Fsp3) is 0.533. The highest BCUT2D eigenvalue weighted by Crippen LogP contribution is 2.57. The van der Waals surface area contributed by atoms with Crippen LogP contribution in [0.5, 0.6) is 0 Å². The van der Waals surface area contributed by atoms with Gasteiger partial charge in [-0.05, 0) is 55.2 Å². The average Bonchev–Trinajstić information content (AvgIpc) is 2.93. The van der Waals surface area contributed by atoms with Gasteiger partial charge in [0, 0.05) is 4.47 Å². The van der Waals surface area contributed by atoms with Crippen molar-refractivity contribution in [3.05, 3.63) is 34.1 Å². The molecule has 2 saturated carbocycles. The van der Waals surface area contributed by atoms with E-state index in [1.54, 1.807) is 12.1 Å². The Morgan fingerprint density at radius 3 is 2.79 bits per heavy atom. The number of carbonyl (C=O) groups is 1. The monoisotopic (exact) mass is 326 g/mol. The second-order valence-electron chi connectivity index (χ2n) is 5.95. The Hall–Kier alpha value is -0.900. The molecule has 2 fully saturated rings. The number of halogens is 2. The lowest BCUT2D eigenvalue weighted by atomic mass is 9.69. The second kappa shape index (κ2) is 4.58. The van der Waals surface area contributed by atoms with Crippen molar-refractivity contribution in [1.82, 2.24) is 0 Å². The van der Waals surface area contributed by atoms with Crippen LogP contribution < -0.4 is 0 Å². The summed E-state index contributed by atoms with van der Waals surface area (Å²) in [7, 11) is 0. The first-order chi connectivity index (χ1) is 9.01. The van der Waals surface area contributed by atoms with Crippen LogP contribution in [0.2, 0.25) is 0 Å². The van der Waals surface area contributed by atoms with Gasteiger partial charge in [0.05, 0.1) is 5.41 Å². The molecule has 1 N–H and O–H groups in total. The molecule has 4 heteroatoms. The van der Waals surface area contributed by atoms with Gasteiger partial charge in [0.1, 0.15) is 5.82 Å². The Bertz CT molecular complexity index is 531. The summed E-state index contributed by atoms with van der Waals surface area (Å²) in [5.41, 5.74) is -0.212. The fourth-order valence-electron chi connectivity index (χ4n) is 4.00. The van der Waals surface area contributed by atoms with Gasteiger partial charge in [-0.2, -0.15) is 0 Å². The normalized spacial score (nSPS) is 32.7. The highest BCUT2D eigenvalue weighted by molar-refractivity contribution is 9.10. The molecule has 0 aromatic heterocycles. The van der Waals surface area contributed by atoms with Crippen LogP contribution >= 0.6 is 15.9 Å². The molecule has 102 valence electrons. The molecule has 2 aliphatic carbocycles. The molecule has 0 radical (unpaired) electrons. The van der Waals surface area contributed by atoms with Crippen molar-refractivity contribution in [3.8, 4) is 0 Å². The average molecular weight is 327 g/mol. The number of rotatable bonds is 3. The van der Waals surface area contributed by atoms with Gasteiger partial charge in [-0.3, -0.25) is 4.79 Å². The number of hydrogen-bond donors (Lipinski definition) is 1. The number of aliphatic carboxylic acids is 1. The zero-order chi connectivity index (χ0) is 13.6. The molecule has 2 nitrogen and oxygen atoms in total. The van der Waals surface area contributed by atoms with Crippen LogP contribution in [0, 0.1) is 23.1 Å². The summed E-state index contributed by atoms with van der Waals surface area (Å²) in [5.74, 6) is -0.308. The highest BCUT2D eigenvalue weighted by Gasteiger charge is 2.55. The predicted octanol–water partition coefficient (Wildman–Crippen LogP) is 4.02. The minimum atomic E-state index is -0.748. The second-order valence-corrected chi connectivity index (χ2v) is 6.87. The molecule has 0 heterocycles. The molecule has 2 aliphatic rings. The van der Waals surface area contributed by atoms with Gasteiger partial charge >= 0.3 is 5.97 Å². The molecule has 0 aliphatic heterocycles. The zero-order valence-corrected chi connectivity index (χ0v) is 12.1. The van der Waals surface area contributed by atoms with E-state index in [0.29, 0.717) is 28.8 Å². The van der Waals surface area contributed by atoms with Gasteiger partial charge in [0.25, 0.3) is 0 Å². The molecule has 3 rings (SSSR count). The molecule has 19 heavy (non-hydrogen) atoms. The SMILES string of the molecule is O=C(O)C1(Cc2ccc(Br)cc2F)CC2CCC1C2. The Morgan fingerprint density at radius 2 is 2.26 bits per heavy atom. The lowest BCUT2D eigenvalue weighted by Gasteiger charge is -2.33. The number of carboxylic acid groups (broad SMARTS) is 1. The third-order valence-corrected chi connectivity index (χ3v) is 5.42. The first-order valence-electron chi connectivity index (χ1n) is 6.68. The van der Waals surface area contributed by atoms with Crippen molar-refractivity contribution in [3.63, 3.8) is 0 Å². The van der Waals surface area contributed by atoms with E-state index in [1.807, 2.05) is 0 Å². The zero-order valence-electron chi connectivity index (χ0n) is 10.5. The molecular weight excluding hydrogens is 311 g/mol. The van der Waals surface area contributed by atoms with Gasteiger partial charge in [0.2, 0.25) is 0 Å². The van der Waals surface area contributed by atoms with Crippen LogP contribution in [0.3, 0.4) is 0 Å². The Labute approximate surface area is 120 Å². The Morgan fingerprint density at radius 1 is 1.47 bits per heavy atom. The van der Waals surface area contributed by atoms with E-state index >= 15 is 0 Å². The summed E-state index contributed by atoms with van der Waals surface area (Å²) in [6.45, 7) is 0. The third kappa shape index (κ3) is 2.10. The standard InChI is InChI=1S/C15H16BrFO2/c16-12-4-2-10(13(17)6-12)8-15(14(18)19)7-9-1-3-11(15)5-9/h2,4,6,9,11H,1,3,5,7-8H2,(H,18,19). The highest BCUT2D eigenvalue weighted by atomic mass is 79.9. The van der Waals surface area contributed by atoms with Crippen LogP contribution in [0.4, 0.5) is 4.39 Å². The first-order valence-corrected chi connectivity index (χ1v) is 7.48. The van der Waals surface area contributed by atoms with Crippen LogP contribution in [0.15, 0.2) is 22.7 Å². The maximum atomic E-state index is 14.0. The molecule has 0 spiro atoms. The molecule has 3 unspecified atom stereocenters. The van der Waals surface area contributed by atoms with Gasteiger partial charge in [-0.25, -0.2) is 4.39 Å². The summed E-state index contributed by atoms with van der Waals surface area (Å²) >= 11 is 3.23. The third-order valence-electron chi connectivity index (χ3n) is 4.92. The first kappa shape index (κ1) is 13.1. The van der Waals surface area contributed by atoms with Crippen molar-refractivity contribution in [2.45, 2.75) is 32.1 Å². The lowest BCUT2D eigenvalue weighted by molar-refractivity contribution is -0.152. The minimum absolute atomic E-state index is 0.220. The van der Waals surface area contributed by atoms with Crippen molar-refractivity contribution < 1.29 is 14.3 Å². The minimum Gasteiger partial charge on any atom is -0.481 e. The lowest BCUT2D eigenvalue weighted by Crippen LogP contribution is -2.38. The van der Waals surface area contributed by atoms with Crippen molar-refractivity contribution in [2.75, 3.05) is 0 Å². The van der Waals surface area contributed by atoms with Gasteiger partial charge < -0.3 is 5.11 Å². The quantitative estimate of drug-likeness (QED) is 0.910. The van der Waals surface area contributed by atoms with Gasteiger partial charge in [-0.1, -0.05) is 28.4 Å². The molecule has 3 atom stereocenters. The molecule has 1 aromatic carbocycles. The Kier molecular flexibility index (Phi) is 3.16. The van der Waals surface area contributed by atoms with E-state index in [4.69, 9.17) is 0 Å². The molecular formula is C15H16BrFO2. The molecule has 2 bridgehead atoms. The van der Waals surface area contributed by atoms with Crippen LogP contribution in [0.1, 0.15) is 31.2 Å². The maximum Gasteiger partial charge on any atom is 0.310 e. The fourth-order valence-corrected chi connectivity index (χ4v) is 4.34. The van der Waals surface area contributed by atoms with Crippen molar-refractivity contribution in [1.29, 1.82) is 0 Å². The molecule has 0 saturated heterocycles. The largest absolute Gasteiger partial charge is 0.481 e. The summed E-state index contributed by atoms with van der Waals surface area (Å²) in [5, 5.41) is 9.66. The molecule has 1 aromatic rings. The topological polar surface area (TPSA) is 37.3 Å². The summed E-state index contributed by atoms with van der Waals surface area (Å²) in [6, 6.07) is 4.90. The van der Waals surface area contributed by atoms with Gasteiger partial charge in [-0.15, -0.1) is 0 Å². The van der Waals surface area contributed by atoms with E-state index in [0.717, 1.165) is 19.3 Å². The number of benzene rings is 1. The van der Waals surface area contributed by atoms with Crippen molar-refractivity contribution >= 4 is 21.9 Å². The van der Waals surface area contributed by atoms with Crippen LogP contribution in [-0.2, 0) is 11.2 Å². The summed E-state index contributed by atoms with van der Waals surface area (Å²) < 4.78 is 14.6. The predicted molar refractivity (Wildman–Crippen MR) is 73.3 cm³/mol. The van der Waals surface area contributed by atoms with Crippen LogP contribution in [0.25, 0.3) is 0 Å². The van der Waals surface area contributed by atoms with Crippen molar-refractivity contribution in [2.24, 2.45) is 17.3 Å². The smallest absolute Gasteiger partial charge is 0.310 e. The van der Waals surface area contributed by atoms with E-state index in [-0.39, 0.29) is 11.7 Å². The van der Waals surface area contributed by atoms with E-state index < -0.39 is 11.4 Å². The number of fused-ring (bicyclic) bond motifs is 2. The van der Waals surface area contributed by atoms with E-state index in [2.05, 4.69) is 15.9 Å². The summed E-state index contributed by atoms with van der Waals surface area (Å²) in [6.07, 6.45) is 4.16. The molecule has 0 amide bonds. The number of carboxylic acids is 1. The summed E-state index contributed by atoms with van der Waals surface area (Å²) in [4.78, 5) is 11.8. The maximum absolute atomic E-state index is 14.0. The van der Waals surface area contributed by atoms with Crippen LogP contribution in [-0.4, -0.2) is 11.1 Å². The number of hydrogen-bond acceptors (Lipinski definition) is 1.